The molecule has 2 heteroatoms. The van der Waals surface area contributed by atoms with Crippen LogP contribution in [-0.2, 0) is 4.74 Å². The number of hydrogen-bond acceptors (Lipinski definition) is 2. The van der Waals surface area contributed by atoms with Crippen molar-refractivity contribution in [2.75, 3.05) is 18.5 Å². The second-order valence-electron chi connectivity index (χ2n) is 4.81. The summed E-state index contributed by atoms with van der Waals surface area (Å²) in [4.78, 5) is 0. The molecular formula is C14H21NO. The van der Waals surface area contributed by atoms with Gasteiger partial charge in [-0.25, -0.2) is 0 Å². The summed E-state index contributed by atoms with van der Waals surface area (Å²) in [6.45, 7) is 6.24. The standard InChI is InChI=1S/C14H21NO/c1-11(2)12-4-3-5-14(10-12)15-13-6-8-16-9-7-13/h3-5,10-11,13,15H,6-9H2,1-2H3. The Morgan fingerprint density at radius 2 is 2.00 bits per heavy atom. The molecule has 1 saturated heterocycles. The van der Waals surface area contributed by atoms with Crippen LogP contribution in [0.5, 0.6) is 0 Å². The van der Waals surface area contributed by atoms with Gasteiger partial charge in [0.2, 0.25) is 0 Å². The van der Waals surface area contributed by atoms with Crippen molar-refractivity contribution >= 4 is 5.69 Å². The summed E-state index contributed by atoms with van der Waals surface area (Å²) < 4.78 is 5.36. The molecule has 1 aliphatic heterocycles. The van der Waals surface area contributed by atoms with Gasteiger partial charge in [-0.3, -0.25) is 0 Å². The van der Waals surface area contributed by atoms with Crippen LogP contribution in [0.3, 0.4) is 0 Å². The lowest BCUT2D eigenvalue weighted by atomic mass is 10.0. The van der Waals surface area contributed by atoms with Crippen molar-refractivity contribution in [3.63, 3.8) is 0 Å². The molecule has 0 radical (unpaired) electrons. The molecular weight excluding hydrogens is 198 g/mol. The first kappa shape index (κ1) is 11.5. The molecule has 0 spiro atoms. The lowest BCUT2D eigenvalue weighted by molar-refractivity contribution is 0.0904. The van der Waals surface area contributed by atoms with Gasteiger partial charge < -0.3 is 10.1 Å². The smallest absolute Gasteiger partial charge is 0.0485 e. The van der Waals surface area contributed by atoms with Crippen LogP contribution in [0, 0.1) is 0 Å². The third kappa shape index (κ3) is 2.99. The largest absolute Gasteiger partial charge is 0.382 e. The first-order valence-electron chi connectivity index (χ1n) is 6.20. The number of nitrogens with one attached hydrogen (secondary N) is 1. The Balaban J connectivity index is 2.00. The maximum atomic E-state index is 5.36. The molecule has 1 aliphatic rings. The van der Waals surface area contributed by atoms with E-state index in [1.165, 1.54) is 11.3 Å². The van der Waals surface area contributed by atoms with E-state index >= 15 is 0 Å². The number of anilines is 1. The van der Waals surface area contributed by atoms with Crippen LogP contribution in [0.15, 0.2) is 24.3 Å². The third-order valence-corrected chi connectivity index (χ3v) is 3.15. The van der Waals surface area contributed by atoms with Crippen molar-refractivity contribution in [3.05, 3.63) is 29.8 Å². The number of rotatable bonds is 3. The van der Waals surface area contributed by atoms with Crippen molar-refractivity contribution in [1.29, 1.82) is 0 Å². The fourth-order valence-corrected chi connectivity index (χ4v) is 2.07. The van der Waals surface area contributed by atoms with Gasteiger partial charge in [0.05, 0.1) is 0 Å². The summed E-state index contributed by atoms with van der Waals surface area (Å²) in [5.41, 5.74) is 2.65. The van der Waals surface area contributed by atoms with Gasteiger partial charge in [0.15, 0.2) is 0 Å². The van der Waals surface area contributed by atoms with E-state index in [0.717, 1.165) is 26.1 Å². The van der Waals surface area contributed by atoms with E-state index in [1.807, 2.05) is 0 Å². The molecule has 1 aromatic rings. The van der Waals surface area contributed by atoms with Gasteiger partial charge in [-0.1, -0.05) is 26.0 Å². The zero-order chi connectivity index (χ0) is 11.4. The van der Waals surface area contributed by atoms with Crippen molar-refractivity contribution in [1.82, 2.24) is 0 Å². The molecule has 1 heterocycles. The van der Waals surface area contributed by atoms with E-state index in [1.54, 1.807) is 0 Å². The molecule has 0 bridgehead atoms. The van der Waals surface area contributed by atoms with E-state index in [4.69, 9.17) is 4.74 Å². The lowest BCUT2D eigenvalue weighted by Gasteiger charge is -2.24. The molecule has 0 atom stereocenters. The van der Waals surface area contributed by atoms with Crippen LogP contribution in [0.2, 0.25) is 0 Å². The molecule has 2 nitrogen and oxygen atoms in total. The molecule has 88 valence electrons. The molecule has 0 aliphatic carbocycles. The lowest BCUT2D eigenvalue weighted by Crippen LogP contribution is -2.27. The highest BCUT2D eigenvalue weighted by Gasteiger charge is 2.13. The summed E-state index contributed by atoms with van der Waals surface area (Å²) in [7, 11) is 0. The average molecular weight is 219 g/mol. The molecule has 1 aromatic carbocycles. The highest BCUT2D eigenvalue weighted by molar-refractivity contribution is 5.47. The maximum Gasteiger partial charge on any atom is 0.0485 e. The fraction of sp³-hybridized carbons (Fsp3) is 0.571. The zero-order valence-corrected chi connectivity index (χ0v) is 10.2. The third-order valence-electron chi connectivity index (χ3n) is 3.15. The van der Waals surface area contributed by atoms with Gasteiger partial charge in [0.25, 0.3) is 0 Å². The maximum absolute atomic E-state index is 5.36. The zero-order valence-electron chi connectivity index (χ0n) is 10.2. The van der Waals surface area contributed by atoms with Crippen LogP contribution in [0.4, 0.5) is 5.69 Å². The molecule has 0 unspecified atom stereocenters. The van der Waals surface area contributed by atoms with Crippen LogP contribution >= 0.6 is 0 Å². The monoisotopic (exact) mass is 219 g/mol. The first-order chi connectivity index (χ1) is 7.75. The number of hydrogen-bond donors (Lipinski definition) is 1. The first-order valence-corrected chi connectivity index (χ1v) is 6.20. The molecule has 16 heavy (non-hydrogen) atoms. The second-order valence-corrected chi connectivity index (χ2v) is 4.81. The Bertz CT molecular complexity index is 329. The molecule has 1 fully saturated rings. The van der Waals surface area contributed by atoms with Gasteiger partial charge >= 0.3 is 0 Å². The second kappa shape index (κ2) is 5.35. The normalized spacial score (nSPS) is 17.7. The molecule has 0 amide bonds. The Labute approximate surface area is 98.0 Å². The van der Waals surface area contributed by atoms with Crippen molar-refractivity contribution in [2.45, 2.75) is 38.6 Å². The average Bonchev–Trinajstić information content (AvgIpc) is 2.30. The van der Waals surface area contributed by atoms with Gasteiger partial charge in [-0.05, 0) is 36.5 Å². The van der Waals surface area contributed by atoms with Gasteiger partial charge in [0, 0.05) is 24.9 Å². The van der Waals surface area contributed by atoms with Crippen molar-refractivity contribution in [3.8, 4) is 0 Å². The SMILES string of the molecule is CC(C)c1cccc(NC2CCOCC2)c1. The minimum absolute atomic E-state index is 0.580. The van der Waals surface area contributed by atoms with Crippen molar-refractivity contribution < 1.29 is 4.74 Å². The van der Waals surface area contributed by atoms with Gasteiger partial charge in [-0.2, -0.15) is 0 Å². The van der Waals surface area contributed by atoms with Crippen LogP contribution in [0.1, 0.15) is 38.2 Å². The summed E-state index contributed by atoms with van der Waals surface area (Å²) in [5, 5.41) is 3.60. The van der Waals surface area contributed by atoms with E-state index in [9.17, 15) is 0 Å². The summed E-state index contributed by atoms with van der Waals surface area (Å²) >= 11 is 0. The molecule has 2 rings (SSSR count). The van der Waals surface area contributed by atoms with Crippen LogP contribution < -0.4 is 5.32 Å². The summed E-state index contributed by atoms with van der Waals surface area (Å²) in [6.07, 6.45) is 2.23. The Morgan fingerprint density at radius 3 is 2.69 bits per heavy atom. The number of ether oxygens (including phenoxy) is 1. The van der Waals surface area contributed by atoms with Gasteiger partial charge in [0.1, 0.15) is 0 Å². The fourth-order valence-electron chi connectivity index (χ4n) is 2.07. The predicted molar refractivity (Wildman–Crippen MR) is 68.0 cm³/mol. The van der Waals surface area contributed by atoms with Crippen molar-refractivity contribution in [2.24, 2.45) is 0 Å². The van der Waals surface area contributed by atoms with E-state index in [-0.39, 0.29) is 0 Å². The topological polar surface area (TPSA) is 21.3 Å². The Morgan fingerprint density at radius 1 is 1.25 bits per heavy atom. The molecule has 1 N–H and O–H groups in total. The van der Waals surface area contributed by atoms with Crippen LogP contribution in [-0.4, -0.2) is 19.3 Å². The minimum Gasteiger partial charge on any atom is -0.382 e. The molecule has 0 saturated carbocycles. The highest BCUT2D eigenvalue weighted by Crippen LogP contribution is 2.20. The highest BCUT2D eigenvalue weighted by atomic mass is 16.5. The predicted octanol–water partition coefficient (Wildman–Crippen LogP) is 3.40. The van der Waals surface area contributed by atoms with E-state index in [0.29, 0.717) is 12.0 Å². The van der Waals surface area contributed by atoms with E-state index in [2.05, 4.69) is 43.4 Å². The van der Waals surface area contributed by atoms with Crippen LogP contribution in [0.25, 0.3) is 0 Å². The molecule has 0 aromatic heterocycles. The Kier molecular flexibility index (Phi) is 3.83. The van der Waals surface area contributed by atoms with Gasteiger partial charge in [-0.15, -0.1) is 0 Å². The minimum atomic E-state index is 0.580. The summed E-state index contributed by atoms with van der Waals surface area (Å²) in [5.74, 6) is 0.594. The quantitative estimate of drug-likeness (QED) is 0.841. The Hall–Kier alpha value is -1.02. The summed E-state index contributed by atoms with van der Waals surface area (Å²) in [6, 6.07) is 9.33. The number of benzene rings is 1. The van der Waals surface area contributed by atoms with E-state index < -0.39 is 0 Å².